The van der Waals surface area contributed by atoms with Gasteiger partial charge in [-0.1, -0.05) is 18.2 Å². The quantitative estimate of drug-likeness (QED) is 0.751. The van der Waals surface area contributed by atoms with E-state index in [4.69, 9.17) is 10.5 Å². The molecule has 0 unspecified atom stereocenters. The van der Waals surface area contributed by atoms with Crippen molar-refractivity contribution < 1.29 is 13.9 Å². The van der Waals surface area contributed by atoms with Crippen LogP contribution >= 0.6 is 0 Å². The largest absolute Gasteiger partial charge is 0.465 e. The van der Waals surface area contributed by atoms with Crippen LogP contribution in [0.1, 0.15) is 16.2 Å². The molecule has 0 saturated carbocycles. The number of hydrogen-bond donors (Lipinski definition) is 1. The molecule has 3 aromatic rings. The van der Waals surface area contributed by atoms with Crippen LogP contribution < -0.4 is 5.73 Å². The summed E-state index contributed by atoms with van der Waals surface area (Å²) in [5, 5.41) is 0. The van der Waals surface area contributed by atoms with Gasteiger partial charge in [0.25, 0.3) is 0 Å². The lowest BCUT2D eigenvalue weighted by atomic mass is 10.1. The van der Waals surface area contributed by atoms with E-state index in [1.807, 2.05) is 30.3 Å². The van der Waals surface area contributed by atoms with Gasteiger partial charge in [0, 0.05) is 12.1 Å². The van der Waals surface area contributed by atoms with Crippen LogP contribution in [0.3, 0.4) is 0 Å². The van der Waals surface area contributed by atoms with E-state index in [-0.39, 0.29) is 5.56 Å². The van der Waals surface area contributed by atoms with Crippen molar-refractivity contribution in [3.63, 3.8) is 0 Å². The molecule has 0 aliphatic carbocycles. The third kappa shape index (κ3) is 2.57. The molecule has 0 atom stereocenters. The number of fused-ring (bicyclic) bond motifs is 1. The fourth-order valence-corrected chi connectivity index (χ4v) is 2.64. The average Bonchev–Trinajstić information content (AvgIpc) is 2.93. The van der Waals surface area contributed by atoms with Gasteiger partial charge in [0.15, 0.2) is 0 Å². The molecule has 0 saturated heterocycles. The molecule has 6 heteroatoms. The number of halogens is 1. The maximum Gasteiger partial charge on any atom is 0.343 e. The molecule has 118 valence electrons. The van der Waals surface area contributed by atoms with Crippen molar-refractivity contribution in [1.29, 1.82) is 0 Å². The van der Waals surface area contributed by atoms with E-state index in [0.29, 0.717) is 29.8 Å². The van der Waals surface area contributed by atoms with Crippen molar-refractivity contribution in [2.24, 2.45) is 5.73 Å². The van der Waals surface area contributed by atoms with Crippen LogP contribution in [0.5, 0.6) is 0 Å². The zero-order chi connectivity index (χ0) is 16.4. The van der Waals surface area contributed by atoms with Crippen LogP contribution in [0.25, 0.3) is 16.7 Å². The van der Waals surface area contributed by atoms with E-state index in [1.54, 1.807) is 10.6 Å². The van der Waals surface area contributed by atoms with Crippen LogP contribution in [-0.2, 0) is 11.2 Å². The first-order valence-electron chi connectivity index (χ1n) is 7.21. The maximum absolute atomic E-state index is 14.3. The normalized spacial score (nSPS) is 10.9. The second-order valence-electron chi connectivity index (χ2n) is 5.02. The number of para-hydroxylation sites is 1. The van der Waals surface area contributed by atoms with Gasteiger partial charge in [0.2, 0.25) is 0 Å². The van der Waals surface area contributed by atoms with Crippen molar-refractivity contribution in [3.05, 3.63) is 59.7 Å². The number of carbonyl (C=O) groups is 1. The summed E-state index contributed by atoms with van der Waals surface area (Å²) in [6, 6.07) is 12.1. The van der Waals surface area contributed by atoms with Gasteiger partial charge < -0.3 is 10.5 Å². The second kappa shape index (κ2) is 6.18. The molecule has 0 aliphatic rings. The number of benzene rings is 2. The molecule has 0 spiro atoms. The first kappa shape index (κ1) is 15.2. The number of nitrogens with zero attached hydrogens (tertiary/aromatic N) is 2. The molecule has 1 aromatic heterocycles. The Morgan fingerprint density at radius 1 is 1.26 bits per heavy atom. The highest BCUT2D eigenvalue weighted by Crippen LogP contribution is 2.27. The van der Waals surface area contributed by atoms with Gasteiger partial charge >= 0.3 is 5.97 Å². The number of methoxy groups -OCH3 is 1. The monoisotopic (exact) mass is 313 g/mol. The number of aromatic nitrogens is 2. The lowest BCUT2D eigenvalue weighted by molar-refractivity contribution is 0.0597. The Bertz CT molecular complexity index is 859. The third-order valence-electron chi connectivity index (χ3n) is 3.61. The van der Waals surface area contributed by atoms with Crippen molar-refractivity contribution in [3.8, 4) is 5.69 Å². The number of ether oxygens (including phenoxy) is 1. The number of nitrogens with two attached hydrogens (primary N) is 1. The lowest BCUT2D eigenvalue weighted by Crippen LogP contribution is -2.11. The van der Waals surface area contributed by atoms with E-state index in [2.05, 4.69) is 4.98 Å². The zero-order valence-electron chi connectivity index (χ0n) is 12.6. The lowest BCUT2D eigenvalue weighted by Gasteiger charge is -2.11. The predicted octanol–water partition coefficient (Wildman–Crippen LogP) is 2.45. The summed E-state index contributed by atoms with van der Waals surface area (Å²) in [4.78, 5) is 16.6. The number of hydrogen-bond acceptors (Lipinski definition) is 4. The highest BCUT2D eigenvalue weighted by Gasteiger charge is 2.23. The van der Waals surface area contributed by atoms with Crippen LogP contribution in [0.2, 0.25) is 0 Å². The van der Waals surface area contributed by atoms with Crippen LogP contribution in [0.4, 0.5) is 4.39 Å². The Morgan fingerprint density at radius 3 is 2.65 bits per heavy atom. The molecular weight excluding hydrogens is 297 g/mol. The Kier molecular flexibility index (Phi) is 4.08. The van der Waals surface area contributed by atoms with Crippen molar-refractivity contribution >= 4 is 17.0 Å². The summed E-state index contributed by atoms with van der Waals surface area (Å²) in [5.41, 5.74) is 7.25. The maximum atomic E-state index is 14.3. The Morgan fingerprint density at radius 2 is 2.00 bits per heavy atom. The fraction of sp³-hybridized carbons (Fsp3) is 0.176. The molecule has 0 radical (unpaired) electrons. The average molecular weight is 313 g/mol. The fourth-order valence-electron chi connectivity index (χ4n) is 2.64. The van der Waals surface area contributed by atoms with Gasteiger partial charge in [-0.2, -0.15) is 0 Å². The second-order valence-corrected chi connectivity index (χ2v) is 5.02. The molecule has 5 nitrogen and oxygen atoms in total. The summed E-state index contributed by atoms with van der Waals surface area (Å²) in [7, 11) is 1.23. The Labute approximate surface area is 132 Å². The molecule has 0 fully saturated rings. The van der Waals surface area contributed by atoms with Crippen LogP contribution in [-0.4, -0.2) is 29.2 Å². The SMILES string of the molecule is COC(=O)c1c(F)ccc2nc(CCN)n(-c3ccccc3)c12. The first-order chi connectivity index (χ1) is 11.2. The number of carbonyl (C=O) groups excluding carboxylic acids is 1. The van der Waals surface area contributed by atoms with Gasteiger partial charge in [-0.3, -0.25) is 4.57 Å². The molecule has 1 heterocycles. The molecule has 0 bridgehead atoms. The molecule has 3 rings (SSSR count). The highest BCUT2D eigenvalue weighted by molar-refractivity contribution is 6.03. The van der Waals surface area contributed by atoms with Gasteiger partial charge in [-0.25, -0.2) is 14.2 Å². The van der Waals surface area contributed by atoms with E-state index in [0.717, 1.165) is 5.69 Å². The number of imidazole rings is 1. The molecule has 0 aliphatic heterocycles. The molecule has 23 heavy (non-hydrogen) atoms. The first-order valence-corrected chi connectivity index (χ1v) is 7.21. The van der Waals surface area contributed by atoms with Gasteiger partial charge in [-0.05, 0) is 30.8 Å². The van der Waals surface area contributed by atoms with E-state index >= 15 is 0 Å². The number of rotatable bonds is 4. The summed E-state index contributed by atoms with van der Waals surface area (Å²) in [6.45, 7) is 0.395. The minimum atomic E-state index is -0.732. The van der Waals surface area contributed by atoms with E-state index < -0.39 is 11.8 Å². The van der Waals surface area contributed by atoms with Gasteiger partial charge in [0.05, 0.1) is 18.1 Å². The molecular formula is C17H16FN3O2. The number of esters is 1. The minimum Gasteiger partial charge on any atom is -0.465 e. The van der Waals surface area contributed by atoms with E-state index in [1.165, 1.54) is 13.2 Å². The summed E-state index contributed by atoms with van der Waals surface area (Å²) < 4.78 is 20.8. The molecule has 0 amide bonds. The van der Waals surface area contributed by atoms with Crippen molar-refractivity contribution in [2.45, 2.75) is 6.42 Å². The van der Waals surface area contributed by atoms with Gasteiger partial charge in [0.1, 0.15) is 17.2 Å². The topological polar surface area (TPSA) is 70.1 Å². The summed E-state index contributed by atoms with van der Waals surface area (Å²) in [5.74, 6) is -0.699. The highest BCUT2D eigenvalue weighted by atomic mass is 19.1. The summed E-state index contributed by atoms with van der Waals surface area (Å²) >= 11 is 0. The van der Waals surface area contributed by atoms with Crippen molar-refractivity contribution in [1.82, 2.24) is 9.55 Å². The summed E-state index contributed by atoms with van der Waals surface area (Å²) in [6.07, 6.45) is 0.506. The molecule has 2 N–H and O–H groups in total. The molecule has 2 aromatic carbocycles. The minimum absolute atomic E-state index is 0.121. The van der Waals surface area contributed by atoms with E-state index in [9.17, 15) is 9.18 Å². The van der Waals surface area contributed by atoms with Crippen LogP contribution in [0.15, 0.2) is 42.5 Å². The Balaban J connectivity index is 2.41. The van der Waals surface area contributed by atoms with Crippen LogP contribution in [0, 0.1) is 5.82 Å². The third-order valence-corrected chi connectivity index (χ3v) is 3.61. The van der Waals surface area contributed by atoms with Gasteiger partial charge in [-0.15, -0.1) is 0 Å². The standard InChI is InChI=1S/C17H16FN3O2/c1-23-17(22)15-12(18)7-8-13-16(15)21(14(20-13)9-10-19)11-5-3-2-4-6-11/h2-8H,9-10,19H2,1H3. The zero-order valence-corrected chi connectivity index (χ0v) is 12.6. The Hall–Kier alpha value is -2.73. The smallest absolute Gasteiger partial charge is 0.343 e. The predicted molar refractivity (Wildman–Crippen MR) is 85.1 cm³/mol. The van der Waals surface area contributed by atoms with Crippen molar-refractivity contribution in [2.75, 3.05) is 13.7 Å².